The van der Waals surface area contributed by atoms with Crippen LogP contribution in [0.25, 0.3) is 0 Å². The Kier molecular flexibility index (Phi) is 6.23. The molecular weight excluding hydrogens is 368 g/mol. The van der Waals surface area contributed by atoms with Crippen LogP contribution in [0.3, 0.4) is 0 Å². The maximum absolute atomic E-state index is 12.5. The molecule has 0 saturated carbocycles. The number of rotatable bonds is 7. The Morgan fingerprint density at radius 3 is 2.62 bits per heavy atom. The Bertz CT molecular complexity index is 709. The molecule has 3 aliphatic rings. The Labute approximate surface area is 173 Å². The molecule has 3 heterocycles. The van der Waals surface area contributed by atoms with E-state index in [-0.39, 0.29) is 18.0 Å². The first-order valence-corrected chi connectivity index (χ1v) is 11.0. The zero-order chi connectivity index (χ0) is 20.2. The number of unbranched alkanes of at least 4 members (excludes halogenated alkanes) is 1. The summed E-state index contributed by atoms with van der Waals surface area (Å²) in [5.41, 5.74) is 1.18. The van der Waals surface area contributed by atoms with Gasteiger partial charge in [-0.2, -0.15) is 0 Å². The smallest absolute Gasteiger partial charge is 0.327 e. The van der Waals surface area contributed by atoms with E-state index in [1.54, 1.807) is 16.9 Å². The molecule has 3 amide bonds. The fourth-order valence-corrected chi connectivity index (χ4v) is 4.90. The molecule has 0 aromatic heterocycles. The zero-order valence-electron chi connectivity index (χ0n) is 17.4. The van der Waals surface area contributed by atoms with Gasteiger partial charge in [-0.1, -0.05) is 12.1 Å². The molecule has 1 aromatic carbocycles. The van der Waals surface area contributed by atoms with Crippen LogP contribution in [0.5, 0.6) is 5.75 Å². The molecule has 0 spiro atoms. The van der Waals surface area contributed by atoms with Crippen molar-refractivity contribution in [3.8, 4) is 5.75 Å². The van der Waals surface area contributed by atoms with Crippen molar-refractivity contribution in [2.24, 2.45) is 0 Å². The lowest BCUT2D eigenvalue weighted by molar-refractivity contribution is -0.900. The lowest BCUT2D eigenvalue weighted by Gasteiger charge is -2.34. The molecule has 0 aliphatic carbocycles. The van der Waals surface area contributed by atoms with Crippen molar-refractivity contribution in [2.45, 2.75) is 38.1 Å². The average molecular weight is 402 g/mol. The van der Waals surface area contributed by atoms with E-state index in [0.29, 0.717) is 6.54 Å². The average Bonchev–Trinajstić information content (AvgIpc) is 3.02. The summed E-state index contributed by atoms with van der Waals surface area (Å²) in [6.07, 6.45) is 4.86. The summed E-state index contributed by atoms with van der Waals surface area (Å²) in [6, 6.07) is 7.97. The van der Waals surface area contributed by atoms with Crippen LogP contribution < -0.4 is 14.5 Å². The monoisotopic (exact) mass is 401 g/mol. The van der Waals surface area contributed by atoms with Gasteiger partial charge in [0, 0.05) is 13.1 Å². The van der Waals surface area contributed by atoms with E-state index >= 15 is 0 Å². The van der Waals surface area contributed by atoms with Crippen molar-refractivity contribution in [2.75, 3.05) is 57.8 Å². The molecule has 0 unspecified atom stereocenters. The number of nitrogens with one attached hydrogen (secondary N) is 1. The molecule has 1 atom stereocenters. The van der Waals surface area contributed by atoms with Crippen LogP contribution in [-0.4, -0.2) is 80.7 Å². The molecule has 158 valence electrons. The third-order valence-corrected chi connectivity index (χ3v) is 6.59. The largest absolute Gasteiger partial charge is 0.495 e. The molecule has 29 heavy (non-hydrogen) atoms. The number of quaternary nitrogens is 1. The first-order valence-electron chi connectivity index (χ1n) is 11.0. The number of anilines is 1. The van der Waals surface area contributed by atoms with Gasteiger partial charge in [-0.3, -0.25) is 9.69 Å². The lowest BCUT2D eigenvalue weighted by atomic mass is 10.0. The number of amides is 3. The van der Waals surface area contributed by atoms with Crippen LogP contribution in [0, 0.1) is 0 Å². The third kappa shape index (κ3) is 4.20. The second kappa shape index (κ2) is 9.03. The second-order valence-electron chi connectivity index (χ2n) is 8.34. The summed E-state index contributed by atoms with van der Waals surface area (Å²) in [5, 5.41) is 0. The summed E-state index contributed by atoms with van der Waals surface area (Å²) in [6.45, 7) is 6.68. The first kappa shape index (κ1) is 20.0. The summed E-state index contributed by atoms with van der Waals surface area (Å²) >= 11 is 0. The number of para-hydroxylation sites is 2. The Hall–Kier alpha value is -2.28. The predicted octanol–water partition coefficient (Wildman–Crippen LogP) is 0.997. The normalized spacial score (nSPS) is 22.9. The van der Waals surface area contributed by atoms with Gasteiger partial charge in [-0.25, -0.2) is 4.79 Å². The highest BCUT2D eigenvalue weighted by molar-refractivity contribution is 6.04. The van der Waals surface area contributed by atoms with Crippen LogP contribution in [0.15, 0.2) is 24.3 Å². The minimum absolute atomic E-state index is 0.0347. The van der Waals surface area contributed by atoms with Gasteiger partial charge >= 0.3 is 6.03 Å². The van der Waals surface area contributed by atoms with Gasteiger partial charge < -0.3 is 19.4 Å². The summed E-state index contributed by atoms with van der Waals surface area (Å²) in [5.74, 6) is 0.972. The topological polar surface area (TPSA) is 57.5 Å². The van der Waals surface area contributed by atoms with Crippen LogP contribution >= 0.6 is 0 Å². The number of carbonyl (C=O) groups excluding carboxylic acids is 2. The van der Waals surface area contributed by atoms with Crippen molar-refractivity contribution in [3.63, 3.8) is 0 Å². The third-order valence-electron chi connectivity index (χ3n) is 6.59. The van der Waals surface area contributed by atoms with Gasteiger partial charge in [0.05, 0.1) is 45.5 Å². The minimum atomic E-state index is -0.176. The molecular formula is C22H33N4O3+. The molecule has 7 heteroatoms. The van der Waals surface area contributed by atoms with Crippen LogP contribution in [0.2, 0.25) is 0 Å². The maximum Gasteiger partial charge on any atom is 0.327 e. The quantitative estimate of drug-likeness (QED) is 0.547. The van der Waals surface area contributed by atoms with Gasteiger partial charge in [0.15, 0.2) is 0 Å². The number of fused-ring (bicyclic) bond motifs is 1. The van der Waals surface area contributed by atoms with Crippen molar-refractivity contribution in [3.05, 3.63) is 24.3 Å². The summed E-state index contributed by atoms with van der Waals surface area (Å²) in [7, 11) is 1.72. The number of piperidine rings is 1. The number of ether oxygens (including phenoxy) is 1. The van der Waals surface area contributed by atoms with E-state index in [4.69, 9.17) is 4.74 Å². The number of nitrogens with zero attached hydrogens (tertiary/aromatic N) is 3. The molecule has 0 bridgehead atoms. The van der Waals surface area contributed by atoms with Gasteiger partial charge in [-0.05, 0) is 44.2 Å². The van der Waals surface area contributed by atoms with E-state index in [1.807, 2.05) is 12.1 Å². The van der Waals surface area contributed by atoms with Crippen molar-refractivity contribution < 1.29 is 19.2 Å². The fourth-order valence-electron chi connectivity index (χ4n) is 4.90. The maximum atomic E-state index is 12.5. The minimum Gasteiger partial charge on any atom is -0.495 e. The van der Waals surface area contributed by atoms with E-state index in [2.05, 4.69) is 17.0 Å². The van der Waals surface area contributed by atoms with Crippen LogP contribution in [-0.2, 0) is 4.79 Å². The molecule has 3 fully saturated rings. The molecule has 1 N–H and O–H groups in total. The predicted molar refractivity (Wildman–Crippen MR) is 111 cm³/mol. The Morgan fingerprint density at radius 2 is 1.86 bits per heavy atom. The molecule has 1 aromatic rings. The fraction of sp³-hybridized carbons (Fsp3) is 0.636. The number of carbonyl (C=O) groups is 2. The van der Waals surface area contributed by atoms with Crippen LogP contribution in [0.4, 0.5) is 10.5 Å². The van der Waals surface area contributed by atoms with Gasteiger partial charge in [0.2, 0.25) is 0 Å². The number of methoxy groups -OCH3 is 1. The number of hydrogen-bond acceptors (Lipinski definition) is 4. The van der Waals surface area contributed by atoms with Gasteiger partial charge in [-0.15, -0.1) is 0 Å². The Balaban J connectivity index is 1.19. The van der Waals surface area contributed by atoms with Gasteiger partial charge in [0.1, 0.15) is 11.8 Å². The van der Waals surface area contributed by atoms with E-state index in [0.717, 1.165) is 77.1 Å². The highest BCUT2D eigenvalue weighted by Gasteiger charge is 2.45. The number of piperazine rings is 1. The second-order valence-corrected chi connectivity index (χ2v) is 8.34. The summed E-state index contributed by atoms with van der Waals surface area (Å²) < 4.78 is 5.49. The lowest BCUT2D eigenvalue weighted by Crippen LogP contribution is -3.14. The summed E-state index contributed by atoms with van der Waals surface area (Å²) in [4.78, 5) is 32.3. The van der Waals surface area contributed by atoms with Crippen molar-refractivity contribution in [1.29, 1.82) is 0 Å². The number of imide groups is 1. The van der Waals surface area contributed by atoms with Crippen LogP contribution in [0.1, 0.15) is 32.1 Å². The highest BCUT2D eigenvalue weighted by Crippen LogP contribution is 2.28. The molecule has 3 saturated heterocycles. The van der Waals surface area contributed by atoms with E-state index in [9.17, 15) is 9.59 Å². The van der Waals surface area contributed by atoms with E-state index < -0.39 is 0 Å². The number of hydrogen-bond donors (Lipinski definition) is 1. The first-order chi connectivity index (χ1) is 14.2. The Morgan fingerprint density at radius 1 is 1.07 bits per heavy atom. The zero-order valence-corrected chi connectivity index (χ0v) is 17.4. The highest BCUT2D eigenvalue weighted by atomic mass is 16.5. The van der Waals surface area contributed by atoms with Crippen molar-refractivity contribution in [1.82, 2.24) is 9.80 Å². The molecule has 7 nitrogen and oxygen atoms in total. The number of urea groups is 1. The standard InChI is InChI=1S/C22H32N4O3/c1-29-20-10-3-2-8-18(20)24-16-14-23(15-17-24)11-6-7-13-26-21(27)19-9-4-5-12-25(19)22(26)28/h2-3,8,10,19H,4-7,9,11-17H2,1H3/p+1/t19-/m1/s1. The van der Waals surface area contributed by atoms with Crippen molar-refractivity contribution >= 4 is 17.6 Å². The SMILES string of the molecule is COc1ccccc1N1CC[NH+](CCCCN2C(=O)[C@H]3CCCCN3C2=O)CC1. The molecule has 3 aliphatic heterocycles. The number of benzene rings is 1. The van der Waals surface area contributed by atoms with Gasteiger partial charge in [0.25, 0.3) is 5.91 Å². The molecule has 0 radical (unpaired) electrons. The molecule has 4 rings (SSSR count). The van der Waals surface area contributed by atoms with E-state index in [1.165, 1.54) is 10.6 Å².